The fraction of sp³-hybridized carbons (Fsp3) is 1.00. The van der Waals surface area contributed by atoms with Crippen molar-refractivity contribution >= 4 is 10.0 Å². The normalized spacial score (nSPS) is 28.2. The summed E-state index contributed by atoms with van der Waals surface area (Å²) < 4.78 is 26.9. The van der Waals surface area contributed by atoms with Gasteiger partial charge in [-0.05, 0) is 32.2 Å². The van der Waals surface area contributed by atoms with E-state index in [0.29, 0.717) is 6.54 Å². The van der Waals surface area contributed by atoms with Crippen LogP contribution in [0.2, 0.25) is 0 Å². The maximum atomic E-state index is 12.6. The molecule has 2 rings (SSSR count). The molecule has 1 aliphatic heterocycles. The second-order valence-electron chi connectivity index (χ2n) is 5.67. The number of piperidine rings is 1. The Bertz CT molecular complexity index is 342. The van der Waals surface area contributed by atoms with Crippen molar-refractivity contribution in [3.63, 3.8) is 0 Å². The van der Waals surface area contributed by atoms with Crippen LogP contribution in [0.1, 0.15) is 51.4 Å². The minimum Gasteiger partial charge on any atom is -0.315 e. The lowest BCUT2D eigenvalue weighted by molar-refractivity contribution is 0.327. The van der Waals surface area contributed by atoms with Crippen molar-refractivity contribution in [1.82, 2.24) is 9.62 Å². The molecule has 5 heteroatoms. The van der Waals surface area contributed by atoms with Gasteiger partial charge in [0, 0.05) is 19.6 Å². The summed E-state index contributed by atoms with van der Waals surface area (Å²) in [7, 11) is -1.32. The van der Waals surface area contributed by atoms with Gasteiger partial charge >= 0.3 is 0 Å². The quantitative estimate of drug-likeness (QED) is 0.797. The predicted molar refractivity (Wildman–Crippen MR) is 74.1 cm³/mol. The maximum Gasteiger partial charge on any atom is 0.218 e. The van der Waals surface area contributed by atoms with Gasteiger partial charge in [-0.1, -0.05) is 25.7 Å². The Labute approximate surface area is 111 Å². The highest BCUT2D eigenvalue weighted by Gasteiger charge is 2.34. The van der Waals surface area contributed by atoms with E-state index in [0.717, 1.165) is 32.2 Å². The van der Waals surface area contributed by atoms with E-state index in [9.17, 15) is 8.42 Å². The van der Waals surface area contributed by atoms with Crippen molar-refractivity contribution in [2.24, 2.45) is 0 Å². The Morgan fingerprint density at radius 2 is 1.67 bits per heavy atom. The zero-order chi connectivity index (χ0) is 13.0. The van der Waals surface area contributed by atoms with Crippen LogP contribution in [0.5, 0.6) is 0 Å². The predicted octanol–water partition coefficient (Wildman–Crippen LogP) is 1.72. The van der Waals surface area contributed by atoms with Crippen LogP contribution >= 0.6 is 0 Å². The third-order valence-electron chi connectivity index (χ3n) is 4.41. The molecule has 0 bridgehead atoms. The van der Waals surface area contributed by atoms with Crippen molar-refractivity contribution < 1.29 is 8.42 Å². The second-order valence-corrected chi connectivity index (χ2v) is 7.95. The molecule has 1 heterocycles. The third-order valence-corrected chi connectivity index (χ3v) is 6.76. The monoisotopic (exact) mass is 274 g/mol. The second kappa shape index (κ2) is 6.35. The standard InChI is InChI=1S/C13H26N2O2S/c1-15(12-7-4-2-3-5-8-12)18(16,17)13-9-6-10-14-11-13/h12-14H,2-11H2,1H3. The van der Waals surface area contributed by atoms with E-state index in [4.69, 9.17) is 0 Å². The van der Waals surface area contributed by atoms with Gasteiger partial charge < -0.3 is 5.32 Å². The zero-order valence-electron chi connectivity index (χ0n) is 11.4. The molecule has 1 aliphatic carbocycles. The van der Waals surface area contributed by atoms with Crippen LogP contribution < -0.4 is 5.32 Å². The van der Waals surface area contributed by atoms with Gasteiger partial charge in [0.15, 0.2) is 0 Å². The van der Waals surface area contributed by atoms with Crippen LogP contribution in [0.4, 0.5) is 0 Å². The summed E-state index contributed by atoms with van der Waals surface area (Å²) in [5.41, 5.74) is 0. The summed E-state index contributed by atoms with van der Waals surface area (Å²) in [6.45, 7) is 1.58. The van der Waals surface area contributed by atoms with Crippen molar-refractivity contribution in [3.8, 4) is 0 Å². The average molecular weight is 274 g/mol. The number of hydrogen-bond acceptors (Lipinski definition) is 3. The molecule has 0 radical (unpaired) electrons. The molecule has 2 fully saturated rings. The molecule has 1 N–H and O–H groups in total. The fourth-order valence-electron chi connectivity index (χ4n) is 3.14. The zero-order valence-corrected chi connectivity index (χ0v) is 12.2. The molecule has 0 spiro atoms. The van der Waals surface area contributed by atoms with E-state index in [1.54, 1.807) is 11.4 Å². The number of sulfonamides is 1. The lowest BCUT2D eigenvalue weighted by Gasteiger charge is -2.32. The summed E-state index contributed by atoms with van der Waals surface area (Å²) >= 11 is 0. The first-order valence-corrected chi connectivity index (χ1v) is 8.80. The van der Waals surface area contributed by atoms with E-state index in [1.165, 1.54) is 25.7 Å². The van der Waals surface area contributed by atoms with Crippen molar-refractivity contribution in [2.75, 3.05) is 20.1 Å². The molecule has 1 atom stereocenters. The first-order valence-electron chi connectivity index (χ1n) is 7.30. The van der Waals surface area contributed by atoms with E-state index in [-0.39, 0.29) is 11.3 Å². The maximum absolute atomic E-state index is 12.6. The van der Waals surface area contributed by atoms with Gasteiger partial charge in [-0.15, -0.1) is 0 Å². The molecular weight excluding hydrogens is 248 g/mol. The first kappa shape index (κ1) is 14.3. The minimum atomic E-state index is -3.11. The SMILES string of the molecule is CN(C1CCCCCC1)S(=O)(=O)C1CCCNC1. The fourth-order valence-corrected chi connectivity index (χ4v) is 5.03. The molecule has 0 aromatic heterocycles. The number of nitrogens with one attached hydrogen (secondary N) is 1. The van der Waals surface area contributed by atoms with Crippen LogP contribution in [-0.4, -0.2) is 44.2 Å². The molecule has 1 saturated heterocycles. The molecule has 1 unspecified atom stereocenters. The van der Waals surface area contributed by atoms with Crippen molar-refractivity contribution in [2.45, 2.75) is 62.7 Å². The highest BCUT2D eigenvalue weighted by atomic mass is 32.2. The van der Waals surface area contributed by atoms with Gasteiger partial charge in [-0.2, -0.15) is 0 Å². The Morgan fingerprint density at radius 3 is 2.22 bits per heavy atom. The van der Waals surface area contributed by atoms with E-state index in [2.05, 4.69) is 5.32 Å². The molecule has 18 heavy (non-hydrogen) atoms. The molecule has 4 nitrogen and oxygen atoms in total. The van der Waals surface area contributed by atoms with Crippen molar-refractivity contribution in [1.29, 1.82) is 0 Å². The van der Waals surface area contributed by atoms with Gasteiger partial charge in [-0.25, -0.2) is 12.7 Å². The Morgan fingerprint density at radius 1 is 1.00 bits per heavy atom. The van der Waals surface area contributed by atoms with Crippen LogP contribution in [0.3, 0.4) is 0 Å². The number of nitrogens with zero attached hydrogens (tertiary/aromatic N) is 1. The van der Waals surface area contributed by atoms with E-state index >= 15 is 0 Å². The van der Waals surface area contributed by atoms with Gasteiger partial charge in [-0.3, -0.25) is 0 Å². The Kier molecular flexibility index (Phi) is 5.04. The van der Waals surface area contributed by atoms with Gasteiger partial charge in [0.1, 0.15) is 0 Å². The third kappa shape index (κ3) is 3.25. The highest BCUT2D eigenvalue weighted by Crippen LogP contribution is 2.25. The lowest BCUT2D eigenvalue weighted by Crippen LogP contribution is -2.48. The summed E-state index contributed by atoms with van der Waals surface area (Å²) in [5.74, 6) is 0. The summed E-state index contributed by atoms with van der Waals surface area (Å²) in [4.78, 5) is 0. The summed E-state index contributed by atoms with van der Waals surface area (Å²) in [5, 5.41) is 3.00. The van der Waals surface area contributed by atoms with Gasteiger partial charge in [0.25, 0.3) is 0 Å². The van der Waals surface area contributed by atoms with Crippen molar-refractivity contribution in [3.05, 3.63) is 0 Å². The summed E-state index contributed by atoms with van der Waals surface area (Å²) in [6.07, 6.45) is 8.73. The number of rotatable bonds is 3. The van der Waals surface area contributed by atoms with Crippen LogP contribution in [-0.2, 0) is 10.0 Å². The van der Waals surface area contributed by atoms with E-state index < -0.39 is 10.0 Å². The lowest BCUT2D eigenvalue weighted by atomic mass is 10.1. The highest BCUT2D eigenvalue weighted by molar-refractivity contribution is 7.89. The molecule has 2 aliphatic rings. The topological polar surface area (TPSA) is 49.4 Å². The Balaban J connectivity index is 2.02. The number of hydrogen-bond donors (Lipinski definition) is 1. The summed E-state index contributed by atoms with van der Waals surface area (Å²) in [6, 6.07) is 0.236. The van der Waals surface area contributed by atoms with Gasteiger partial charge in [0.05, 0.1) is 5.25 Å². The minimum absolute atomic E-state index is 0.209. The molecule has 1 saturated carbocycles. The van der Waals surface area contributed by atoms with Gasteiger partial charge in [0.2, 0.25) is 10.0 Å². The molecule has 0 amide bonds. The average Bonchev–Trinajstić information content (AvgIpc) is 2.67. The largest absolute Gasteiger partial charge is 0.315 e. The van der Waals surface area contributed by atoms with Crippen LogP contribution in [0, 0.1) is 0 Å². The molecule has 0 aromatic carbocycles. The molecular formula is C13H26N2O2S. The molecule has 106 valence electrons. The Hall–Kier alpha value is -0.130. The van der Waals surface area contributed by atoms with Crippen LogP contribution in [0.25, 0.3) is 0 Å². The first-order chi connectivity index (χ1) is 8.62. The van der Waals surface area contributed by atoms with Crippen LogP contribution in [0.15, 0.2) is 0 Å². The van der Waals surface area contributed by atoms with E-state index in [1.807, 2.05) is 0 Å². The smallest absolute Gasteiger partial charge is 0.218 e. The molecule has 0 aromatic rings.